The molecule has 3 unspecified atom stereocenters. The van der Waals surface area contributed by atoms with Gasteiger partial charge in [0.1, 0.15) is 11.6 Å². The van der Waals surface area contributed by atoms with Crippen molar-refractivity contribution in [3.8, 4) is 0 Å². The molecule has 7 atom stereocenters. The number of hydrogen-bond donors (Lipinski definition) is 3. The van der Waals surface area contributed by atoms with E-state index in [0.717, 1.165) is 12.8 Å². The Bertz CT molecular complexity index is 669. The summed E-state index contributed by atoms with van der Waals surface area (Å²) in [6.07, 6.45) is 2.64. The summed E-state index contributed by atoms with van der Waals surface area (Å²) in [6, 6.07) is -1.37. The number of aliphatic hydroxyl groups excluding tert-OH is 1. The van der Waals surface area contributed by atoms with Crippen LogP contribution >= 0.6 is 0 Å². The molecule has 0 aromatic heterocycles. The van der Waals surface area contributed by atoms with Crippen molar-refractivity contribution in [2.75, 3.05) is 13.7 Å². The van der Waals surface area contributed by atoms with E-state index in [4.69, 9.17) is 4.74 Å². The molecule has 3 heterocycles. The number of carbonyl (C=O) groups is 3. The number of carbonyl (C=O) groups excluding carboxylic acids is 3. The highest BCUT2D eigenvalue weighted by Gasteiger charge is 2.75. The lowest BCUT2D eigenvalue weighted by molar-refractivity contribution is -0.147. The number of hydrogen-bond acceptors (Lipinski definition) is 5. The smallest absolute Gasteiger partial charge is 0.246 e. The van der Waals surface area contributed by atoms with Gasteiger partial charge in [0.05, 0.1) is 30.6 Å². The third-order valence-electron chi connectivity index (χ3n) is 6.96. The fourth-order valence-corrected chi connectivity index (χ4v) is 5.66. The van der Waals surface area contributed by atoms with Crippen LogP contribution in [0.1, 0.15) is 53.4 Å². The zero-order valence-corrected chi connectivity index (χ0v) is 18.1. The van der Waals surface area contributed by atoms with Gasteiger partial charge in [-0.15, -0.1) is 0 Å². The van der Waals surface area contributed by atoms with Crippen molar-refractivity contribution in [1.29, 1.82) is 0 Å². The summed E-state index contributed by atoms with van der Waals surface area (Å²) in [5.74, 6) is -2.05. The molecule has 0 aliphatic carbocycles. The quantitative estimate of drug-likeness (QED) is 0.539. The third kappa shape index (κ3) is 3.34. The number of likely N-dealkylation sites (tertiary alicyclic amines) is 1. The minimum atomic E-state index is -1.00. The molecule has 3 aliphatic rings. The first-order chi connectivity index (χ1) is 13.7. The lowest BCUT2D eigenvalue weighted by atomic mass is 9.70. The summed E-state index contributed by atoms with van der Waals surface area (Å²) in [6.45, 7) is 7.60. The topological polar surface area (TPSA) is 108 Å². The first-order valence-electron chi connectivity index (χ1n) is 10.9. The van der Waals surface area contributed by atoms with Crippen LogP contribution in [0.25, 0.3) is 0 Å². The lowest BCUT2D eigenvalue weighted by Crippen LogP contribution is -2.59. The molecule has 0 radical (unpaired) electrons. The summed E-state index contributed by atoms with van der Waals surface area (Å²) in [5.41, 5.74) is -1.00. The summed E-state index contributed by atoms with van der Waals surface area (Å²) >= 11 is 0. The van der Waals surface area contributed by atoms with Gasteiger partial charge in [-0.1, -0.05) is 27.2 Å². The molecule has 1 spiro atoms. The second-order valence-electron chi connectivity index (χ2n) is 9.11. The SMILES string of the molecule is CCCC(C)NC(=O)C1N([C@@H](CO)C(C)C)C(=O)[C@@H]2[C@@H](C(=O)NC)[C@H]3CCC12O3. The Morgan fingerprint density at radius 1 is 1.31 bits per heavy atom. The minimum absolute atomic E-state index is 0.0279. The van der Waals surface area contributed by atoms with Crippen LogP contribution in [0.5, 0.6) is 0 Å². The monoisotopic (exact) mass is 409 g/mol. The van der Waals surface area contributed by atoms with Crippen molar-refractivity contribution in [3.63, 3.8) is 0 Å². The molecule has 3 fully saturated rings. The minimum Gasteiger partial charge on any atom is -0.394 e. The van der Waals surface area contributed by atoms with Crippen molar-refractivity contribution in [1.82, 2.24) is 15.5 Å². The number of ether oxygens (including phenoxy) is 1. The largest absolute Gasteiger partial charge is 0.394 e. The van der Waals surface area contributed by atoms with Gasteiger partial charge < -0.3 is 25.4 Å². The molecule has 3 amide bonds. The standard InChI is InChI=1S/C21H35N3O5/c1-6-7-12(4)23-19(27)17-21-9-8-14(29-21)15(18(26)22-5)16(21)20(28)24(17)13(10-25)11(2)3/h11-17,25H,6-10H2,1-5H3,(H,22,26)(H,23,27)/t12?,13-,14+,15-,16-,17?,21?/m0/s1. The van der Waals surface area contributed by atoms with Crippen molar-refractivity contribution in [3.05, 3.63) is 0 Å². The molecule has 0 aromatic rings. The van der Waals surface area contributed by atoms with Gasteiger partial charge in [0.25, 0.3) is 0 Å². The predicted molar refractivity (Wildman–Crippen MR) is 107 cm³/mol. The van der Waals surface area contributed by atoms with Gasteiger partial charge in [-0.2, -0.15) is 0 Å². The second-order valence-corrected chi connectivity index (χ2v) is 9.11. The molecule has 3 aliphatic heterocycles. The Morgan fingerprint density at radius 2 is 2.00 bits per heavy atom. The summed E-state index contributed by atoms with van der Waals surface area (Å²) in [7, 11) is 1.56. The van der Waals surface area contributed by atoms with Crippen molar-refractivity contribution < 1.29 is 24.2 Å². The molecule has 3 N–H and O–H groups in total. The van der Waals surface area contributed by atoms with Gasteiger partial charge in [-0.25, -0.2) is 0 Å². The molecule has 3 rings (SSSR count). The molecular weight excluding hydrogens is 374 g/mol. The van der Waals surface area contributed by atoms with Crippen LogP contribution in [-0.4, -0.2) is 71.2 Å². The van der Waals surface area contributed by atoms with E-state index >= 15 is 0 Å². The van der Waals surface area contributed by atoms with Crippen LogP contribution in [0.2, 0.25) is 0 Å². The average Bonchev–Trinajstić information content (AvgIpc) is 3.29. The first kappa shape index (κ1) is 22.0. The van der Waals surface area contributed by atoms with E-state index in [2.05, 4.69) is 17.6 Å². The number of rotatable bonds is 8. The highest BCUT2D eigenvalue weighted by Crippen LogP contribution is 2.58. The van der Waals surface area contributed by atoms with Gasteiger partial charge in [-0.3, -0.25) is 14.4 Å². The molecule has 29 heavy (non-hydrogen) atoms. The van der Waals surface area contributed by atoms with E-state index in [1.54, 1.807) is 7.05 Å². The average molecular weight is 410 g/mol. The van der Waals surface area contributed by atoms with Gasteiger partial charge in [-0.05, 0) is 32.1 Å². The highest BCUT2D eigenvalue weighted by molar-refractivity contribution is 5.99. The van der Waals surface area contributed by atoms with E-state index < -0.39 is 29.5 Å². The molecule has 3 saturated heterocycles. The van der Waals surface area contributed by atoms with E-state index in [1.807, 2.05) is 20.8 Å². The fraction of sp³-hybridized carbons (Fsp3) is 0.857. The zero-order chi connectivity index (χ0) is 21.5. The van der Waals surface area contributed by atoms with Gasteiger partial charge in [0.15, 0.2) is 0 Å². The van der Waals surface area contributed by atoms with E-state index in [-0.39, 0.29) is 42.4 Å². The highest BCUT2D eigenvalue weighted by atomic mass is 16.5. The number of nitrogens with zero attached hydrogens (tertiary/aromatic N) is 1. The maximum absolute atomic E-state index is 13.6. The molecular formula is C21H35N3O5. The second kappa shape index (κ2) is 8.22. The van der Waals surface area contributed by atoms with Crippen molar-refractivity contribution >= 4 is 17.7 Å². The Morgan fingerprint density at radius 3 is 2.55 bits per heavy atom. The number of nitrogens with one attached hydrogen (secondary N) is 2. The maximum atomic E-state index is 13.6. The summed E-state index contributed by atoms with van der Waals surface area (Å²) in [4.78, 5) is 41.2. The fourth-order valence-electron chi connectivity index (χ4n) is 5.66. The molecule has 8 heteroatoms. The predicted octanol–water partition coefficient (Wildman–Crippen LogP) is 0.429. The van der Waals surface area contributed by atoms with Crippen LogP contribution in [0.4, 0.5) is 0 Å². The molecule has 2 bridgehead atoms. The zero-order valence-electron chi connectivity index (χ0n) is 18.1. The van der Waals surface area contributed by atoms with Crippen LogP contribution in [0, 0.1) is 17.8 Å². The van der Waals surface area contributed by atoms with Crippen LogP contribution < -0.4 is 10.6 Å². The van der Waals surface area contributed by atoms with Gasteiger partial charge in [0.2, 0.25) is 17.7 Å². The summed E-state index contributed by atoms with van der Waals surface area (Å²) in [5, 5.41) is 15.7. The van der Waals surface area contributed by atoms with Crippen LogP contribution in [-0.2, 0) is 19.1 Å². The van der Waals surface area contributed by atoms with Gasteiger partial charge in [0, 0.05) is 13.1 Å². The third-order valence-corrected chi connectivity index (χ3v) is 6.96. The number of fused-ring (bicyclic) bond motifs is 1. The Hall–Kier alpha value is -1.67. The van der Waals surface area contributed by atoms with Crippen molar-refractivity contribution in [2.24, 2.45) is 17.8 Å². The Balaban J connectivity index is 2.03. The Labute approximate surface area is 172 Å². The van der Waals surface area contributed by atoms with Crippen LogP contribution in [0.3, 0.4) is 0 Å². The number of aliphatic hydroxyl groups is 1. The van der Waals surface area contributed by atoms with E-state index in [0.29, 0.717) is 12.8 Å². The maximum Gasteiger partial charge on any atom is 0.246 e. The Kier molecular flexibility index (Phi) is 6.24. The van der Waals surface area contributed by atoms with Crippen LogP contribution in [0.15, 0.2) is 0 Å². The summed E-state index contributed by atoms with van der Waals surface area (Å²) < 4.78 is 6.30. The molecule has 164 valence electrons. The van der Waals surface area contributed by atoms with Crippen molar-refractivity contribution in [2.45, 2.75) is 83.2 Å². The van der Waals surface area contributed by atoms with E-state index in [1.165, 1.54) is 4.90 Å². The normalized spacial score (nSPS) is 35.0. The van der Waals surface area contributed by atoms with Gasteiger partial charge >= 0.3 is 0 Å². The molecule has 0 aromatic carbocycles. The lowest BCUT2D eigenvalue weighted by Gasteiger charge is -2.38. The first-order valence-corrected chi connectivity index (χ1v) is 10.9. The van der Waals surface area contributed by atoms with E-state index in [9.17, 15) is 19.5 Å². The number of amides is 3. The molecule has 0 saturated carbocycles. The molecule has 8 nitrogen and oxygen atoms in total.